The fraction of sp³-hybridized carbons (Fsp3) is 0.562. The highest BCUT2D eigenvalue weighted by Gasteiger charge is 2.10. The Bertz CT molecular complexity index is 469. The third-order valence-corrected chi connectivity index (χ3v) is 3.65. The molecule has 0 aromatic heterocycles. The fourth-order valence-corrected chi connectivity index (χ4v) is 2.13. The van der Waals surface area contributed by atoms with Gasteiger partial charge in [0.05, 0.1) is 14.2 Å². The molecule has 0 bridgehead atoms. The summed E-state index contributed by atoms with van der Waals surface area (Å²) < 4.78 is 15.9. The molecular formula is C16H26N2O3S. The van der Waals surface area contributed by atoms with Crippen molar-refractivity contribution in [3.8, 4) is 11.5 Å². The average Bonchev–Trinajstić information content (AvgIpc) is 2.54. The van der Waals surface area contributed by atoms with E-state index in [-0.39, 0.29) is 0 Å². The summed E-state index contributed by atoms with van der Waals surface area (Å²) in [5, 5.41) is 3.95. The van der Waals surface area contributed by atoms with E-state index < -0.39 is 0 Å². The van der Waals surface area contributed by atoms with Crippen molar-refractivity contribution >= 4 is 17.3 Å². The average molecular weight is 326 g/mol. The van der Waals surface area contributed by atoms with Crippen molar-refractivity contribution in [2.24, 2.45) is 0 Å². The molecule has 5 nitrogen and oxygen atoms in total. The first-order valence-electron chi connectivity index (χ1n) is 7.40. The Balaban J connectivity index is 2.49. The molecule has 1 N–H and O–H groups in total. The van der Waals surface area contributed by atoms with Crippen LogP contribution in [0.25, 0.3) is 0 Å². The first kappa shape index (κ1) is 18.5. The molecule has 0 aliphatic carbocycles. The lowest BCUT2D eigenvalue weighted by atomic mass is 10.2. The van der Waals surface area contributed by atoms with Gasteiger partial charge in [-0.1, -0.05) is 0 Å². The summed E-state index contributed by atoms with van der Waals surface area (Å²) in [6.45, 7) is 4.98. The fourth-order valence-electron chi connectivity index (χ4n) is 1.96. The minimum atomic E-state index is 0.671. The van der Waals surface area contributed by atoms with E-state index in [1.807, 2.05) is 37.1 Å². The van der Waals surface area contributed by atoms with Gasteiger partial charge in [0.2, 0.25) is 0 Å². The highest BCUT2D eigenvalue weighted by Crippen LogP contribution is 2.25. The van der Waals surface area contributed by atoms with Crippen molar-refractivity contribution in [3.63, 3.8) is 0 Å². The van der Waals surface area contributed by atoms with Crippen molar-refractivity contribution in [2.75, 3.05) is 41.0 Å². The number of hydrogen-bond donors (Lipinski definition) is 1. The van der Waals surface area contributed by atoms with Crippen LogP contribution in [0.5, 0.6) is 11.5 Å². The molecule has 0 unspecified atom stereocenters. The van der Waals surface area contributed by atoms with E-state index in [4.69, 9.17) is 26.4 Å². The topological polar surface area (TPSA) is 43.0 Å². The minimum Gasteiger partial charge on any atom is -0.497 e. The molecular weight excluding hydrogens is 300 g/mol. The van der Waals surface area contributed by atoms with Crippen LogP contribution in [0, 0.1) is 0 Å². The maximum absolute atomic E-state index is 5.41. The summed E-state index contributed by atoms with van der Waals surface area (Å²) in [7, 11) is 5.26. The summed E-state index contributed by atoms with van der Waals surface area (Å²) in [5.41, 5.74) is 1.06. The van der Waals surface area contributed by atoms with Crippen LogP contribution in [0.2, 0.25) is 0 Å². The van der Waals surface area contributed by atoms with E-state index in [2.05, 4.69) is 5.32 Å². The first-order valence-corrected chi connectivity index (χ1v) is 7.80. The monoisotopic (exact) mass is 326 g/mol. The highest BCUT2D eigenvalue weighted by molar-refractivity contribution is 7.80. The number of benzene rings is 1. The highest BCUT2D eigenvalue weighted by atomic mass is 32.1. The van der Waals surface area contributed by atoms with Crippen molar-refractivity contribution < 1.29 is 14.2 Å². The molecule has 0 spiro atoms. The first-order chi connectivity index (χ1) is 10.6. The van der Waals surface area contributed by atoms with Gasteiger partial charge in [-0.15, -0.1) is 0 Å². The lowest BCUT2D eigenvalue weighted by molar-refractivity contribution is 0.145. The molecule has 0 fully saturated rings. The van der Waals surface area contributed by atoms with Crippen molar-refractivity contribution in [1.29, 1.82) is 0 Å². The van der Waals surface area contributed by atoms with Crippen molar-refractivity contribution in [1.82, 2.24) is 10.2 Å². The van der Waals surface area contributed by atoms with Gasteiger partial charge in [-0.3, -0.25) is 0 Å². The molecule has 0 aliphatic rings. The predicted octanol–water partition coefficient (Wildman–Crippen LogP) is 2.44. The number of methoxy groups -OCH3 is 2. The van der Waals surface area contributed by atoms with Gasteiger partial charge < -0.3 is 24.4 Å². The van der Waals surface area contributed by atoms with Gasteiger partial charge in [0.25, 0.3) is 0 Å². The van der Waals surface area contributed by atoms with Crippen molar-refractivity contribution in [3.05, 3.63) is 23.8 Å². The summed E-state index contributed by atoms with van der Waals surface area (Å²) in [5.74, 6) is 1.57. The number of nitrogens with zero attached hydrogens (tertiary/aromatic N) is 1. The zero-order valence-corrected chi connectivity index (χ0v) is 14.7. The van der Waals surface area contributed by atoms with E-state index in [1.165, 1.54) is 0 Å². The molecule has 0 amide bonds. The second-order valence-corrected chi connectivity index (χ2v) is 5.20. The van der Waals surface area contributed by atoms with Crippen LogP contribution in [-0.2, 0) is 11.3 Å². The number of thiocarbonyl (C=S) groups is 1. The molecule has 1 aromatic carbocycles. The Hall–Kier alpha value is -1.53. The Kier molecular flexibility index (Phi) is 8.62. The largest absolute Gasteiger partial charge is 0.497 e. The van der Waals surface area contributed by atoms with Gasteiger partial charge in [0.15, 0.2) is 5.11 Å². The quantitative estimate of drug-likeness (QED) is 0.555. The Morgan fingerprint density at radius 1 is 1.27 bits per heavy atom. The molecule has 0 saturated carbocycles. The molecule has 0 radical (unpaired) electrons. The standard InChI is InChI=1S/C16H26N2O3S/c1-5-21-10-6-9-17-16(22)18(2)12-13-7-8-14(19-3)11-15(13)20-4/h7-8,11H,5-6,9-10,12H2,1-4H3,(H,17,22). The molecule has 6 heteroatoms. The third kappa shape index (κ3) is 6.07. The lowest BCUT2D eigenvalue weighted by Crippen LogP contribution is -2.37. The van der Waals surface area contributed by atoms with Crippen LogP contribution in [0.3, 0.4) is 0 Å². The van der Waals surface area contributed by atoms with Crippen LogP contribution in [0.1, 0.15) is 18.9 Å². The van der Waals surface area contributed by atoms with E-state index in [1.54, 1.807) is 14.2 Å². The van der Waals surface area contributed by atoms with E-state index in [0.717, 1.165) is 48.4 Å². The van der Waals surface area contributed by atoms with Gasteiger partial charge in [-0.05, 0) is 37.7 Å². The zero-order valence-electron chi connectivity index (χ0n) is 13.8. The second kappa shape index (κ2) is 10.2. The molecule has 124 valence electrons. The lowest BCUT2D eigenvalue weighted by Gasteiger charge is -2.22. The summed E-state index contributed by atoms with van der Waals surface area (Å²) in [6.07, 6.45) is 0.938. The second-order valence-electron chi connectivity index (χ2n) is 4.82. The summed E-state index contributed by atoms with van der Waals surface area (Å²) >= 11 is 5.39. The van der Waals surface area contributed by atoms with Crippen LogP contribution in [-0.4, -0.2) is 51.0 Å². The van der Waals surface area contributed by atoms with Crippen LogP contribution < -0.4 is 14.8 Å². The van der Waals surface area contributed by atoms with Gasteiger partial charge in [-0.25, -0.2) is 0 Å². The maximum Gasteiger partial charge on any atom is 0.168 e. The molecule has 22 heavy (non-hydrogen) atoms. The van der Waals surface area contributed by atoms with Crippen LogP contribution in [0.4, 0.5) is 0 Å². The van der Waals surface area contributed by atoms with Crippen LogP contribution >= 0.6 is 12.2 Å². The Labute approximate surface area is 138 Å². The molecule has 0 atom stereocenters. The van der Waals surface area contributed by atoms with E-state index in [9.17, 15) is 0 Å². The smallest absolute Gasteiger partial charge is 0.168 e. The number of rotatable bonds is 9. The summed E-state index contributed by atoms with van der Waals surface area (Å²) in [6, 6.07) is 5.79. The number of hydrogen-bond acceptors (Lipinski definition) is 4. The van der Waals surface area contributed by atoms with Crippen LogP contribution in [0.15, 0.2) is 18.2 Å². The molecule has 1 rings (SSSR count). The maximum atomic E-state index is 5.41. The normalized spacial score (nSPS) is 10.2. The van der Waals surface area contributed by atoms with Gasteiger partial charge in [-0.2, -0.15) is 0 Å². The van der Waals surface area contributed by atoms with Gasteiger partial charge >= 0.3 is 0 Å². The molecule has 0 heterocycles. The van der Waals surface area contributed by atoms with E-state index >= 15 is 0 Å². The van der Waals surface area contributed by atoms with Crippen molar-refractivity contribution in [2.45, 2.75) is 19.9 Å². The Morgan fingerprint density at radius 2 is 2.05 bits per heavy atom. The Morgan fingerprint density at radius 3 is 2.68 bits per heavy atom. The number of ether oxygens (including phenoxy) is 3. The predicted molar refractivity (Wildman–Crippen MR) is 92.7 cm³/mol. The van der Waals surface area contributed by atoms with Gasteiger partial charge in [0.1, 0.15) is 11.5 Å². The van der Waals surface area contributed by atoms with E-state index in [0.29, 0.717) is 6.54 Å². The zero-order chi connectivity index (χ0) is 16.4. The number of nitrogens with one attached hydrogen (secondary N) is 1. The molecule has 0 saturated heterocycles. The summed E-state index contributed by atoms with van der Waals surface area (Å²) in [4.78, 5) is 1.99. The molecule has 1 aromatic rings. The third-order valence-electron chi connectivity index (χ3n) is 3.19. The SMILES string of the molecule is CCOCCCNC(=S)N(C)Cc1ccc(OC)cc1OC. The molecule has 0 aliphatic heterocycles. The minimum absolute atomic E-state index is 0.671. The van der Waals surface area contributed by atoms with Gasteiger partial charge in [0, 0.05) is 45.0 Å².